The fraction of sp³-hybridized carbons (Fsp3) is 1.00. The highest BCUT2D eigenvalue weighted by atomic mass is 19.4. The maximum Gasteiger partial charge on any atom is 0.403 e. The van der Waals surface area contributed by atoms with Gasteiger partial charge >= 0.3 is 12.4 Å². The normalized spacial score (nSPS) is 13.0. The molecule has 0 heterocycles. The molecule has 2 nitrogen and oxygen atoms in total. The molecular formula is C29H56F6N2. The summed E-state index contributed by atoms with van der Waals surface area (Å²) in [6, 6.07) is 0. The topological polar surface area (TPSA) is 52.0 Å². The zero-order valence-electron chi connectivity index (χ0n) is 23.3. The largest absolute Gasteiger partial charge is 0.403 e. The van der Waals surface area contributed by atoms with Gasteiger partial charge in [0.1, 0.15) is 0 Å². The van der Waals surface area contributed by atoms with Gasteiger partial charge in [-0.1, -0.05) is 128 Å². The smallest absolute Gasteiger partial charge is 0.330 e. The van der Waals surface area contributed by atoms with Crippen molar-refractivity contribution in [1.82, 2.24) is 0 Å². The minimum atomic E-state index is -5.26. The minimum absolute atomic E-state index is 0.0244. The number of hydrogen-bond acceptors (Lipinski definition) is 2. The molecule has 4 N–H and O–H groups in total. The van der Waals surface area contributed by atoms with Gasteiger partial charge in [0.05, 0.1) is 0 Å². The lowest BCUT2D eigenvalue weighted by Gasteiger charge is -2.37. The molecule has 0 rings (SSSR count). The predicted octanol–water partition coefficient (Wildman–Crippen LogP) is 10.4. The van der Waals surface area contributed by atoms with Crippen LogP contribution >= 0.6 is 0 Å². The summed E-state index contributed by atoms with van der Waals surface area (Å²) in [5, 5.41) is 0. The number of halogens is 6. The second kappa shape index (κ2) is 22.3. The molecular weight excluding hydrogens is 490 g/mol. The van der Waals surface area contributed by atoms with Crippen LogP contribution in [-0.2, 0) is 0 Å². The lowest BCUT2D eigenvalue weighted by molar-refractivity contribution is -0.346. The van der Waals surface area contributed by atoms with Crippen molar-refractivity contribution < 1.29 is 26.3 Å². The zero-order chi connectivity index (χ0) is 27.9. The lowest BCUT2D eigenvalue weighted by Crippen LogP contribution is -2.50. The maximum absolute atomic E-state index is 13.8. The van der Waals surface area contributed by atoms with Crippen LogP contribution in [0.5, 0.6) is 0 Å². The van der Waals surface area contributed by atoms with E-state index in [9.17, 15) is 26.3 Å². The van der Waals surface area contributed by atoms with Crippen LogP contribution in [0.3, 0.4) is 0 Å². The molecule has 0 spiro atoms. The van der Waals surface area contributed by atoms with E-state index in [4.69, 9.17) is 11.5 Å². The van der Waals surface area contributed by atoms with Crippen LogP contribution in [0.1, 0.15) is 154 Å². The van der Waals surface area contributed by atoms with Crippen LogP contribution in [-0.4, -0.2) is 25.4 Å². The Hall–Kier alpha value is -0.500. The van der Waals surface area contributed by atoms with Crippen molar-refractivity contribution in [2.24, 2.45) is 16.9 Å². The first-order chi connectivity index (χ1) is 17.6. The van der Waals surface area contributed by atoms with Crippen molar-refractivity contribution in [2.75, 3.05) is 13.1 Å². The van der Waals surface area contributed by atoms with Gasteiger partial charge in [0.2, 0.25) is 0 Å². The monoisotopic (exact) mass is 546 g/mol. The number of hydrogen-bond donors (Lipinski definition) is 2. The molecule has 0 saturated carbocycles. The molecule has 224 valence electrons. The Morgan fingerprint density at radius 2 is 0.486 bits per heavy atom. The summed E-state index contributed by atoms with van der Waals surface area (Å²) in [7, 11) is 0. The number of alkyl halides is 6. The molecule has 0 aromatic heterocycles. The van der Waals surface area contributed by atoms with E-state index in [1.165, 1.54) is 12.8 Å². The Morgan fingerprint density at radius 3 is 0.676 bits per heavy atom. The second-order valence-electron chi connectivity index (χ2n) is 10.9. The van der Waals surface area contributed by atoms with Gasteiger partial charge in [-0.15, -0.1) is 0 Å². The van der Waals surface area contributed by atoms with E-state index in [0.717, 1.165) is 103 Å². The van der Waals surface area contributed by atoms with Crippen LogP contribution in [0.15, 0.2) is 0 Å². The highest BCUT2D eigenvalue weighted by Crippen LogP contribution is 2.56. The standard InChI is InChI=1S/C29H56F6N2/c30-28(31,32)27(29(33,34)35,23-19-15-11-7-3-1-5-9-13-17-21-25-36)24-20-16-12-8-4-2-6-10-14-18-22-26-37/h1-26,36-37H2. The molecule has 0 aromatic rings. The predicted molar refractivity (Wildman–Crippen MR) is 143 cm³/mol. The number of unbranched alkanes of at least 4 members (excludes halogenated alkanes) is 20. The summed E-state index contributed by atoms with van der Waals surface area (Å²) >= 11 is 0. The van der Waals surface area contributed by atoms with E-state index in [1.807, 2.05) is 0 Å². The first kappa shape index (κ1) is 36.5. The van der Waals surface area contributed by atoms with Crippen molar-refractivity contribution in [3.8, 4) is 0 Å². The first-order valence-electron chi connectivity index (χ1n) is 15.2. The van der Waals surface area contributed by atoms with Gasteiger partial charge in [-0.05, 0) is 38.8 Å². The van der Waals surface area contributed by atoms with Crippen molar-refractivity contribution in [3.63, 3.8) is 0 Å². The van der Waals surface area contributed by atoms with E-state index in [1.54, 1.807) is 0 Å². The third-order valence-electron chi connectivity index (χ3n) is 7.70. The van der Waals surface area contributed by atoms with Crippen molar-refractivity contribution in [2.45, 2.75) is 166 Å². The molecule has 0 unspecified atom stereocenters. The third kappa shape index (κ3) is 17.7. The Labute approximate surface area is 223 Å². The van der Waals surface area contributed by atoms with Crippen molar-refractivity contribution in [1.29, 1.82) is 0 Å². The average Bonchev–Trinajstić information content (AvgIpc) is 2.82. The summed E-state index contributed by atoms with van der Waals surface area (Å²) in [6.45, 7) is 1.45. The lowest BCUT2D eigenvalue weighted by atomic mass is 9.76. The average molecular weight is 547 g/mol. The molecule has 0 amide bonds. The molecule has 0 aromatic carbocycles. The van der Waals surface area contributed by atoms with Crippen LogP contribution in [0, 0.1) is 5.41 Å². The maximum atomic E-state index is 13.8. The molecule has 0 aliphatic heterocycles. The van der Waals surface area contributed by atoms with E-state index in [0.29, 0.717) is 25.7 Å². The van der Waals surface area contributed by atoms with Crippen LogP contribution in [0.25, 0.3) is 0 Å². The molecule has 0 atom stereocenters. The molecule has 0 saturated heterocycles. The van der Waals surface area contributed by atoms with E-state index < -0.39 is 30.6 Å². The highest BCUT2D eigenvalue weighted by Gasteiger charge is 2.69. The molecule has 0 aliphatic carbocycles. The molecule has 0 bridgehead atoms. The van der Waals surface area contributed by atoms with Gasteiger partial charge in [-0.25, -0.2) is 0 Å². The Bertz CT molecular complexity index is 450. The highest BCUT2D eigenvalue weighted by molar-refractivity contribution is 4.93. The van der Waals surface area contributed by atoms with Gasteiger partial charge in [0, 0.05) is 0 Å². The minimum Gasteiger partial charge on any atom is -0.330 e. The number of nitrogens with two attached hydrogens (primary N) is 2. The van der Waals surface area contributed by atoms with Gasteiger partial charge in [-0.2, -0.15) is 26.3 Å². The van der Waals surface area contributed by atoms with E-state index in [2.05, 4.69) is 0 Å². The Kier molecular flexibility index (Phi) is 22.0. The van der Waals surface area contributed by atoms with Crippen molar-refractivity contribution >= 4 is 0 Å². The fourth-order valence-electron chi connectivity index (χ4n) is 5.18. The number of rotatable bonds is 26. The SMILES string of the molecule is NCCCCCCCCCCCCCC(CCCCCCCCCCCCCN)(C(F)(F)F)C(F)(F)F. The summed E-state index contributed by atoms with van der Waals surface area (Å²) < 4.78 is 82.7. The van der Waals surface area contributed by atoms with Crippen LogP contribution in [0.2, 0.25) is 0 Å². The molecule has 0 radical (unpaired) electrons. The van der Waals surface area contributed by atoms with E-state index >= 15 is 0 Å². The molecule has 0 aliphatic rings. The third-order valence-corrected chi connectivity index (χ3v) is 7.70. The first-order valence-corrected chi connectivity index (χ1v) is 15.2. The van der Waals surface area contributed by atoms with Crippen LogP contribution in [0.4, 0.5) is 26.3 Å². The molecule has 37 heavy (non-hydrogen) atoms. The zero-order valence-corrected chi connectivity index (χ0v) is 23.3. The molecule has 8 heteroatoms. The summed E-state index contributed by atoms with van der Waals surface area (Å²) in [4.78, 5) is 0. The van der Waals surface area contributed by atoms with Crippen molar-refractivity contribution in [3.05, 3.63) is 0 Å². The summed E-state index contributed by atoms with van der Waals surface area (Å²) in [5.74, 6) is 0. The fourth-order valence-corrected chi connectivity index (χ4v) is 5.18. The van der Waals surface area contributed by atoms with Gasteiger partial charge < -0.3 is 11.5 Å². The summed E-state index contributed by atoms with van der Waals surface area (Å²) in [6.07, 6.45) is 7.20. The summed E-state index contributed by atoms with van der Waals surface area (Å²) in [5.41, 5.74) is 7.37. The van der Waals surface area contributed by atoms with Gasteiger partial charge in [0.15, 0.2) is 5.41 Å². The van der Waals surface area contributed by atoms with Crippen LogP contribution < -0.4 is 11.5 Å². The van der Waals surface area contributed by atoms with E-state index in [-0.39, 0.29) is 12.8 Å². The molecule has 0 fully saturated rings. The Morgan fingerprint density at radius 1 is 0.297 bits per heavy atom. The van der Waals surface area contributed by atoms with Gasteiger partial charge in [0.25, 0.3) is 0 Å². The Balaban J connectivity index is 4.22. The quantitative estimate of drug-likeness (QED) is 0.0837. The van der Waals surface area contributed by atoms with Gasteiger partial charge in [-0.3, -0.25) is 0 Å². The second-order valence-corrected chi connectivity index (χ2v) is 10.9.